The molecule has 0 saturated carbocycles. The number of thioether (sulfide) groups is 1. The van der Waals surface area contributed by atoms with Crippen molar-refractivity contribution in [1.29, 1.82) is 0 Å². The fourth-order valence-electron chi connectivity index (χ4n) is 2.33. The quantitative estimate of drug-likeness (QED) is 0.784. The van der Waals surface area contributed by atoms with Crippen LogP contribution in [0.15, 0.2) is 39.7 Å². The lowest BCUT2D eigenvalue weighted by molar-refractivity contribution is -0.127. The van der Waals surface area contributed by atoms with Gasteiger partial charge in [0, 0.05) is 11.6 Å². The number of ether oxygens (including phenoxy) is 1. The van der Waals surface area contributed by atoms with Gasteiger partial charge >= 0.3 is 0 Å². The molecule has 0 spiro atoms. The standard InChI is InChI=1S/C17H13ClN2O5S/c1-24-13-4-2-9(6-11(13)18)12-5-3-10(25-12)7-14-16(22)20(8-15(19)21)17(23)26-14/h2-7H,8H2,1H3,(H2,19,21)/b14-7-. The minimum absolute atomic E-state index is 0.157. The fraction of sp³-hybridized carbons (Fsp3) is 0.118. The Morgan fingerprint density at radius 3 is 2.77 bits per heavy atom. The maximum absolute atomic E-state index is 12.2. The molecule has 0 bridgehead atoms. The van der Waals surface area contributed by atoms with Crippen molar-refractivity contribution in [3.05, 3.63) is 46.0 Å². The van der Waals surface area contributed by atoms with Crippen LogP contribution in [-0.2, 0) is 9.59 Å². The molecule has 2 aromatic rings. The molecule has 9 heteroatoms. The van der Waals surface area contributed by atoms with E-state index in [1.54, 1.807) is 30.3 Å². The third-order valence-electron chi connectivity index (χ3n) is 3.52. The van der Waals surface area contributed by atoms with Gasteiger partial charge in [-0.3, -0.25) is 19.3 Å². The summed E-state index contributed by atoms with van der Waals surface area (Å²) in [5.74, 6) is 0.133. The lowest BCUT2D eigenvalue weighted by Gasteiger charge is -2.08. The van der Waals surface area contributed by atoms with Crippen LogP contribution < -0.4 is 10.5 Å². The molecule has 2 heterocycles. The predicted molar refractivity (Wildman–Crippen MR) is 97.6 cm³/mol. The Morgan fingerprint density at radius 1 is 1.35 bits per heavy atom. The van der Waals surface area contributed by atoms with E-state index in [0.29, 0.717) is 22.3 Å². The minimum atomic E-state index is -0.759. The molecule has 0 radical (unpaired) electrons. The second-order valence-electron chi connectivity index (χ2n) is 5.29. The lowest BCUT2D eigenvalue weighted by atomic mass is 10.2. The topological polar surface area (TPSA) is 103 Å². The highest BCUT2D eigenvalue weighted by Gasteiger charge is 2.36. The van der Waals surface area contributed by atoms with Crippen LogP contribution in [0, 0.1) is 0 Å². The van der Waals surface area contributed by atoms with Crippen LogP contribution in [-0.4, -0.2) is 35.6 Å². The highest BCUT2D eigenvalue weighted by Crippen LogP contribution is 2.34. The summed E-state index contributed by atoms with van der Waals surface area (Å²) < 4.78 is 10.8. The van der Waals surface area contributed by atoms with Crippen LogP contribution in [0.5, 0.6) is 5.75 Å². The van der Waals surface area contributed by atoms with Gasteiger partial charge in [0.15, 0.2) is 0 Å². The molecular formula is C17H13ClN2O5S. The molecule has 1 aliphatic rings. The second-order valence-corrected chi connectivity index (χ2v) is 6.69. The van der Waals surface area contributed by atoms with E-state index in [0.717, 1.165) is 22.2 Å². The summed E-state index contributed by atoms with van der Waals surface area (Å²) in [7, 11) is 1.52. The Labute approximate surface area is 157 Å². The third-order valence-corrected chi connectivity index (χ3v) is 4.73. The van der Waals surface area contributed by atoms with Crippen molar-refractivity contribution < 1.29 is 23.5 Å². The van der Waals surface area contributed by atoms with E-state index >= 15 is 0 Å². The molecule has 3 rings (SSSR count). The molecule has 7 nitrogen and oxygen atoms in total. The summed E-state index contributed by atoms with van der Waals surface area (Å²) in [5.41, 5.74) is 5.78. The largest absolute Gasteiger partial charge is 0.495 e. The molecule has 134 valence electrons. The number of carbonyl (C=O) groups is 3. The lowest BCUT2D eigenvalue weighted by Crippen LogP contribution is -2.36. The zero-order chi connectivity index (χ0) is 18.8. The monoisotopic (exact) mass is 392 g/mol. The van der Waals surface area contributed by atoms with E-state index in [4.69, 9.17) is 26.5 Å². The van der Waals surface area contributed by atoms with Crippen LogP contribution in [0.4, 0.5) is 4.79 Å². The number of hydrogen-bond acceptors (Lipinski definition) is 6. The second kappa shape index (κ2) is 7.27. The van der Waals surface area contributed by atoms with Gasteiger partial charge in [-0.2, -0.15) is 0 Å². The van der Waals surface area contributed by atoms with Crippen LogP contribution >= 0.6 is 23.4 Å². The number of amides is 3. The first-order chi connectivity index (χ1) is 12.4. The summed E-state index contributed by atoms with van der Waals surface area (Å²) >= 11 is 6.83. The summed E-state index contributed by atoms with van der Waals surface area (Å²) in [6.45, 7) is -0.449. The maximum Gasteiger partial charge on any atom is 0.294 e. The molecule has 0 unspecified atom stereocenters. The SMILES string of the molecule is COc1ccc(-c2ccc(/C=C3\SC(=O)N(CC(N)=O)C3=O)o2)cc1Cl. The van der Waals surface area contributed by atoms with E-state index in [2.05, 4.69) is 0 Å². The molecule has 26 heavy (non-hydrogen) atoms. The highest BCUT2D eigenvalue weighted by molar-refractivity contribution is 8.18. The van der Waals surface area contributed by atoms with Crippen molar-refractivity contribution in [2.75, 3.05) is 13.7 Å². The Bertz CT molecular complexity index is 937. The Balaban J connectivity index is 1.83. The van der Waals surface area contributed by atoms with Gasteiger partial charge in [0.2, 0.25) is 5.91 Å². The van der Waals surface area contributed by atoms with Crippen molar-refractivity contribution >= 4 is 46.5 Å². The number of rotatable bonds is 5. The van der Waals surface area contributed by atoms with Crippen molar-refractivity contribution in [2.24, 2.45) is 5.73 Å². The summed E-state index contributed by atoms with van der Waals surface area (Å²) in [6.07, 6.45) is 1.44. The zero-order valence-electron chi connectivity index (χ0n) is 13.5. The molecule has 1 aromatic carbocycles. The van der Waals surface area contributed by atoms with Gasteiger partial charge < -0.3 is 14.9 Å². The molecule has 1 aromatic heterocycles. The Morgan fingerprint density at radius 2 is 2.12 bits per heavy atom. The highest BCUT2D eigenvalue weighted by atomic mass is 35.5. The number of halogens is 1. The number of methoxy groups -OCH3 is 1. The number of primary amides is 1. The number of imide groups is 1. The Kier molecular flexibility index (Phi) is 5.06. The van der Waals surface area contributed by atoms with Gasteiger partial charge in [0.25, 0.3) is 11.1 Å². The first-order valence-corrected chi connectivity index (χ1v) is 8.56. The van der Waals surface area contributed by atoms with E-state index in [1.165, 1.54) is 13.2 Å². The van der Waals surface area contributed by atoms with Gasteiger partial charge in [-0.15, -0.1) is 0 Å². The molecule has 1 aliphatic heterocycles. The molecule has 1 fully saturated rings. The third kappa shape index (κ3) is 3.61. The number of hydrogen-bond donors (Lipinski definition) is 1. The van der Waals surface area contributed by atoms with Crippen LogP contribution in [0.3, 0.4) is 0 Å². The number of furan rings is 1. The normalized spacial score (nSPS) is 15.8. The van der Waals surface area contributed by atoms with Crippen molar-refractivity contribution in [3.8, 4) is 17.1 Å². The summed E-state index contributed by atoms with van der Waals surface area (Å²) in [5, 5.41) is -0.107. The zero-order valence-corrected chi connectivity index (χ0v) is 15.1. The van der Waals surface area contributed by atoms with Gasteiger partial charge in [-0.25, -0.2) is 0 Å². The first-order valence-electron chi connectivity index (χ1n) is 7.36. The first kappa shape index (κ1) is 18.1. The van der Waals surface area contributed by atoms with Gasteiger partial charge in [0.1, 0.15) is 23.8 Å². The van der Waals surface area contributed by atoms with Crippen LogP contribution in [0.2, 0.25) is 5.02 Å². The molecule has 0 aliphatic carbocycles. The maximum atomic E-state index is 12.2. The Hall–Kier alpha value is -2.71. The van der Waals surface area contributed by atoms with E-state index < -0.39 is 23.6 Å². The predicted octanol–water partition coefficient (Wildman–Crippen LogP) is 3.13. The smallest absolute Gasteiger partial charge is 0.294 e. The van der Waals surface area contributed by atoms with Gasteiger partial charge in [0.05, 0.1) is 17.0 Å². The van der Waals surface area contributed by atoms with Crippen LogP contribution in [0.25, 0.3) is 17.4 Å². The van der Waals surface area contributed by atoms with E-state index in [9.17, 15) is 14.4 Å². The van der Waals surface area contributed by atoms with Gasteiger partial charge in [-0.1, -0.05) is 11.6 Å². The van der Waals surface area contributed by atoms with Crippen molar-refractivity contribution in [3.63, 3.8) is 0 Å². The summed E-state index contributed by atoms with van der Waals surface area (Å²) in [4.78, 5) is 35.9. The fourth-order valence-corrected chi connectivity index (χ4v) is 3.40. The average molecular weight is 393 g/mol. The van der Waals surface area contributed by atoms with E-state index in [1.807, 2.05) is 0 Å². The minimum Gasteiger partial charge on any atom is -0.495 e. The number of nitrogens with two attached hydrogens (primary N) is 1. The molecule has 3 amide bonds. The average Bonchev–Trinajstić information content (AvgIpc) is 3.15. The summed E-state index contributed by atoms with van der Waals surface area (Å²) in [6, 6.07) is 8.58. The molecule has 1 saturated heterocycles. The molecular weight excluding hydrogens is 380 g/mol. The molecule has 2 N–H and O–H groups in total. The van der Waals surface area contributed by atoms with Gasteiger partial charge in [-0.05, 0) is 42.1 Å². The van der Waals surface area contributed by atoms with E-state index in [-0.39, 0.29) is 4.91 Å². The van der Waals surface area contributed by atoms with Crippen molar-refractivity contribution in [1.82, 2.24) is 4.90 Å². The number of nitrogens with zero attached hydrogens (tertiary/aromatic N) is 1. The van der Waals surface area contributed by atoms with Crippen molar-refractivity contribution in [2.45, 2.75) is 0 Å². The number of benzene rings is 1. The molecule has 0 atom stereocenters. The van der Waals surface area contributed by atoms with Crippen LogP contribution in [0.1, 0.15) is 5.76 Å². The number of carbonyl (C=O) groups excluding carboxylic acids is 3.